The van der Waals surface area contributed by atoms with E-state index in [4.69, 9.17) is 17.1 Å². The summed E-state index contributed by atoms with van der Waals surface area (Å²) in [5.74, 6) is -0.255. The summed E-state index contributed by atoms with van der Waals surface area (Å²) in [6.07, 6.45) is 0.359. The van der Waals surface area contributed by atoms with E-state index in [-0.39, 0.29) is 11.7 Å². The van der Waals surface area contributed by atoms with Crippen molar-refractivity contribution in [3.8, 4) is 0 Å². The second kappa shape index (κ2) is 5.36. The summed E-state index contributed by atoms with van der Waals surface area (Å²) in [5.41, 5.74) is 0.801. The fourth-order valence-electron chi connectivity index (χ4n) is 1.21. The number of carbonyl (C=O) groups is 1. The molecule has 0 fully saturated rings. The molecule has 0 aliphatic heterocycles. The second-order valence-corrected chi connectivity index (χ2v) is 2.96. The van der Waals surface area contributed by atoms with E-state index in [1.165, 1.54) is 0 Å². The van der Waals surface area contributed by atoms with Crippen LogP contribution in [0.3, 0.4) is 0 Å². The summed E-state index contributed by atoms with van der Waals surface area (Å²) < 4.78 is 4.34. The van der Waals surface area contributed by atoms with Crippen molar-refractivity contribution in [3.63, 3.8) is 0 Å². The van der Waals surface area contributed by atoms with Gasteiger partial charge in [0.2, 0.25) is 0 Å². The molecule has 15 heavy (non-hydrogen) atoms. The Morgan fingerprint density at radius 1 is 1.47 bits per heavy atom. The van der Waals surface area contributed by atoms with Gasteiger partial charge < -0.3 is 9.50 Å². The lowest BCUT2D eigenvalue weighted by Crippen LogP contribution is -2.09. The van der Waals surface area contributed by atoms with Gasteiger partial charge >= 0.3 is 0 Å². The maximum Gasteiger partial charge on any atom is 0.280 e. The highest BCUT2D eigenvalue weighted by atomic mass is 35.5. The molecule has 4 nitrogen and oxygen atoms in total. The van der Waals surface area contributed by atoms with Gasteiger partial charge in [-0.25, -0.2) is 0 Å². The first kappa shape index (κ1) is 11.5. The molecule has 1 N–H and O–H groups in total. The predicted molar refractivity (Wildman–Crippen MR) is 56.3 cm³/mol. The number of hydrogen-bond acceptors (Lipinski definition) is 4. The van der Waals surface area contributed by atoms with E-state index in [0.717, 1.165) is 0 Å². The van der Waals surface area contributed by atoms with Gasteiger partial charge in [0, 0.05) is 12.0 Å². The van der Waals surface area contributed by atoms with E-state index < -0.39 is 0 Å². The fraction of sp³-hybridized carbons (Fsp3) is 0.200. The van der Waals surface area contributed by atoms with E-state index in [2.05, 4.69) is 9.45 Å². The van der Waals surface area contributed by atoms with Gasteiger partial charge in [-0.3, -0.25) is 4.79 Å². The van der Waals surface area contributed by atoms with Gasteiger partial charge in [0.1, 0.15) is 11.9 Å². The van der Waals surface area contributed by atoms with Crippen LogP contribution >= 0.6 is 11.9 Å². The molecule has 0 amide bonds. The molecule has 0 heterocycles. The largest absolute Gasteiger partial charge is 0.408 e. The maximum absolute atomic E-state index is 11.5. The number of halogens is 1. The number of benzene rings is 1. The van der Waals surface area contributed by atoms with Crippen molar-refractivity contribution in [1.82, 2.24) is 0 Å². The highest BCUT2D eigenvalue weighted by Gasteiger charge is 2.15. The smallest absolute Gasteiger partial charge is 0.280 e. The molecule has 1 aromatic carbocycles. The summed E-state index contributed by atoms with van der Waals surface area (Å²) in [7, 11) is 0. The minimum atomic E-state index is -0.186. The topological polar surface area (TPSA) is 58.9 Å². The van der Waals surface area contributed by atoms with Gasteiger partial charge in [0.25, 0.3) is 5.90 Å². The molecule has 0 unspecified atom stereocenters. The van der Waals surface area contributed by atoms with Crippen LogP contribution in [0.25, 0.3) is 0 Å². The maximum atomic E-state index is 11.5. The van der Waals surface area contributed by atoms with Crippen molar-refractivity contribution in [2.24, 2.45) is 5.16 Å². The van der Waals surface area contributed by atoms with E-state index >= 15 is 0 Å². The lowest BCUT2D eigenvalue weighted by molar-refractivity contribution is 0.0988. The Labute approximate surface area is 92.3 Å². The van der Waals surface area contributed by atoms with E-state index in [1.807, 2.05) is 0 Å². The van der Waals surface area contributed by atoms with Crippen molar-refractivity contribution in [3.05, 3.63) is 35.4 Å². The van der Waals surface area contributed by atoms with Crippen LogP contribution in [0.1, 0.15) is 29.3 Å². The lowest BCUT2D eigenvalue weighted by Gasteiger charge is -2.05. The van der Waals surface area contributed by atoms with Crippen molar-refractivity contribution in [1.29, 1.82) is 0 Å². The molecule has 0 atom stereocenters. The van der Waals surface area contributed by atoms with Crippen LogP contribution in [0, 0.1) is 0 Å². The SMILES string of the molecule is CCC(=O)c1ccccc1C(=NO)OCl. The molecule has 0 aliphatic rings. The molecule has 1 rings (SSSR count). The monoisotopic (exact) mass is 227 g/mol. The molecule has 0 aromatic heterocycles. The summed E-state index contributed by atoms with van der Waals surface area (Å²) in [4.78, 5) is 11.5. The lowest BCUT2D eigenvalue weighted by atomic mass is 10.0. The van der Waals surface area contributed by atoms with E-state index in [1.54, 1.807) is 31.2 Å². The number of nitrogens with zero attached hydrogens (tertiary/aromatic N) is 1. The Morgan fingerprint density at radius 3 is 2.53 bits per heavy atom. The first-order chi connectivity index (χ1) is 7.24. The van der Waals surface area contributed by atoms with Crippen LogP contribution in [0.2, 0.25) is 0 Å². The molecule has 0 aliphatic carbocycles. The highest BCUT2D eigenvalue weighted by Crippen LogP contribution is 2.13. The van der Waals surface area contributed by atoms with Crippen LogP contribution in [0.15, 0.2) is 29.4 Å². The normalized spacial score (nSPS) is 11.2. The first-order valence-electron chi connectivity index (χ1n) is 4.37. The number of ketones is 1. The first-order valence-corrected chi connectivity index (χ1v) is 4.68. The molecule has 80 valence electrons. The van der Waals surface area contributed by atoms with Crippen LogP contribution in [-0.4, -0.2) is 16.9 Å². The minimum absolute atomic E-state index is 0.0690. The summed E-state index contributed by atoms with van der Waals surface area (Å²) in [6, 6.07) is 6.64. The zero-order valence-electron chi connectivity index (χ0n) is 8.11. The minimum Gasteiger partial charge on any atom is -0.408 e. The molecule has 0 bridgehead atoms. The van der Waals surface area contributed by atoms with Gasteiger partial charge in [-0.2, -0.15) is 0 Å². The number of oxime groups is 1. The van der Waals surface area contributed by atoms with Gasteiger partial charge in [-0.05, 0) is 11.2 Å². The Bertz CT molecular complexity index is 390. The number of rotatable bonds is 3. The highest BCUT2D eigenvalue weighted by molar-refractivity contribution is 6.19. The Hall–Kier alpha value is -1.55. The molecule has 0 saturated heterocycles. The number of Topliss-reactive ketones (excluding diaryl/α,β-unsaturated/α-hetero) is 1. The van der Waals surface area contributed by atoms with Crippen LogP contribution in [-0.2, 0) is 4.29 Å². The third kappa shape index (κ3) is 2.47. The van der Waals surface area contributed by atoms with Gasteiger partial charge in [-0.1, -0.05) is 25.1 Å². The summed E-state index contributed by atoms with van der Waals surface area (Å²) >= 11 is 5.12. The molecule has 0 radical (unpaired) electrons. The summed E-state index contributed by atoms with van der Waals surface area (Å²) in [6.45, 7) is 1.75. The molecule has 0 spiro atoms. The Kier molecular flexibility index (Phi) is 4.12. The Morgan fingerprint density at radius 2 is 2.07 bits per heavy atom. The number of hydrogen-bond donors (Lipinski definition) is 1. The van der Waals surface area contributed by atoms with E-state index in [9.17, 15) is 4.79 Å². The van der Waals surface area contributed by atoms with Crippen molar-refractivity contribution < 1.29 is 14.3 Å². The third-order valence-electron chi connectivity index (χ3n) is 1.94. The van der Waals surface area contributed by atoms with Gasteiger partial charge in [0.15, 0.2) is 5.78 Å². The predicted octanol–water partition coefficient (Wildman–Crippen LogP) is 2.59. The quantitative estimate of drug-likeness (QED) is 0.284. The molecular weight excluding hydrogens is 218 g/mol. The zero-order chi connectivity index (χ0) is 11.3. The summed E-state index contributed by atoms with van der Waals surface area (Å²) in [5, 5.41) is 11.5. The Balaban J connectivity index is 3.23. The van der Waals surface area contributed by atoms with Crippen molar-refractivity contribution >= 4 is 23.5 Å². The average molecular weight is 228 g/mol. The van der Waals surface area contributed by atoms with Crippen molar-refractivity contribution in [2.75, 3.05) is 0 Å². The van der Waals surface area contributed by atoms with Crippen LogP contribution in [0.4, 0.5) is 0 Å². The fourth-order valence-corrected chi connectivity index (χ4v) is 1.33. The molecule has 0 saturated carbocycles. The van der Waals surface area contributed by atoms with Gasteiger partial charge in [0.05, 0.1) is 5.56 Å². The average Bonchev–Trinajstić information content (AvgIpc) is 2.30. The third-order valence-corrected chi connectivity index (χ3v) is 2.09. The zero-order valence-corrected chi connectivity index (χ0v) is 8.86. The number of carbonyl (C=O) groups excluding carboxylic acids is 1. The van der Waals surface area contributed by atoms with Crippen LogP contribution in [0.5, 0.6) is 0 Å². The van der Waals surface area contributed by atoms with Gasteiger partial charge in [-0.15, -0.1) is 0 Å². The molecule has 5 heteroatoms. The van der Waals surface area contributed by atoms with E-state index in [0.29, 0.717) is 17.5 Å². The molecule has 1 aromatic rings. The van der Waals surface area contributed by atoms with Crippen LogP contribution < -0.4 is 0 Å². The van der Waals surface area contributed by atoms with Crippen molar-refractivity contribution in [2.45, 2.75) is 13.3 Å². The standard InChI is InChI=1S/C10H10ClNO3/c1-2-9(13)7-5-3-4-6-8(7)10(12-14)15-11/h3-6,14H,2H2,1H3. The molecular formula is C10H10ClNO3. The second-order valence-electron chi connectivity index (χ2n) is 2.80.